The molecule has 0 spiro atoms. The van der Waals surface area contributed by atoms with Crippen LogP contribution in [-0.2, 0) is 5.41 Å². The minimum atomic E-state index is -0.0495. The molecular formula is C55H38N2S. The minimum absolute atomic E-state index is 0.0495. The summed E-state index contributed by atoms with van der Waals surface area (Å²) >= 11 is 1.86. The fourth-order valence-electron chi connectivity index (χ4n) is 8.98. The van der Waals surface area contributed by atoms with E-state index in [2.05, 4.69) is 208 Å². The zero-order valence-electron chi connectivity index (χ0n) is 32.3. The van der Waals surface area contributed by atoms with E-state index in [1.807, 2.05) is 11.3 Å². The summed E-state index contributed by atoms with van der Waals surface area (Å²) in [6.07, 6.45) is 0. The summed E-state index contributed by atoms with van der Waals surface area (Å²) in [5, 5.41) is 2.59. The van der Waals surface area contributed by atoms with Gasteiger partial charge >= 0.3 is 0 Å². The van der Waals surface area contributed by atoms with Gasteiger partial charge in [0, 0.05) is 42.3 Å². The maximum absolute atomic E-state index is 5.37. The highest BCUT2D eigenvalue weighted by Crippen LogP contribution is 2.52. The van der Waals surface area contributed by atoms with E-state index in [0.29, 0.717) is 5.82 Å². The van der Waals surface area contributed by atoms with Gasteiger partial charge < -0.3 is 0 Å². The molecule has 3 heteroatoms. The van der Waals surface area contributed by atoms with Crippen LogP contribution in [0.1, 0.15) is 25.0 Å². The average Bonchev–Trinajstić information content (AvgIpc) is 3.79. The van der Waals surface area contributed by atoms with Gasteiger partial charge in [0.25, 0.3) is 0 Å². The Bertz CT molecular complexity index is 3180. The van der Waals surface area contributed by atoms with Crippen LogP contribution in [0.25, 0.3) is 98.6 Å². The molecule has 1 aliphatic rings. The van der Waals surface area contributed by atoms with Crippen LogP contribution >= 0.6 is 11.3 Å². The van der Waals surface area contributed by atoms with Gasteiger partial charge in [0.2, 0.25) is 0 Å². The van der Waals surface area contributed by atoms with Gasteiger partial charge in [-0.2, -0.15) is 0 Å². The molecule has 11 rings (SSSR count). The highest BCUT2D eigenvalue weighted by atomic mass is 32.1. The quantitative estimate of drug-likeness (QED) is 0.169. The third kappa shape index (κ3) is 5.69. The zero-order valence-corrected chi connectivity index (χ0v) is 33.1. The summed E-state index contributed by atoms with van der Waals surface area (Å²) in [4.78, 5) is 10.6. The monoisotopic (exact) mass is 758 g/mol. The van der Waals surface area contributed by atoms with Crippen molar-refractivity contribution in [1.29, 1.82) is 0 Å². The lowest BCUT2D eigenvalue weighted by molar-refractivity contribution is 0.660. The Morgan fingerprint density at radius 2 is 0.948 bits per heavy atom. The fourth-order valence-corrected chi connectivity index (χ4v) is 10.2. The predicted molar refractivity (Wildman–Crippen MR) is 245 cm³/mol. The first-order valence-corrected chi connectivity index (χ1v) is 20.7. The Labute approximate surface area is 342 Å². The normalized spacial score (nSPS) is 12.8. The lowest BCUT2D eigenvalue weighted by Gasteiger charge is -2.21. The number of rotatable bonds is 6. The maximum atomic E-state index is 5.37. The Morgan fingerprint density at radius 3 is 1.76 bits per heavy atom. The molecule has 8 aromatic carbocycles. The molecule has 0 unspecified atom stereocenters. The molecule has 58 heavy (non-hydrogen) atoms. The Morgan fingerprint density at radius 1 is 0.379 bits per heavy atom. The topological polar surface area (TPSA) is 25.8 Å². The molecule has 2 nitrogen and oxygen atoms in total. The summed E-state index contributed by atoms with van der Waals surface area (Å²) in [5.74, 6) is 0.700. The number of hydrogen-bond acceptors (Lipinski definition) is 3. The van der Waals surface area contributed by atoms with Crippen molar-refractivity contribution < 1.29 is 0 Å². The van der Waals surface area contributed by atoms with Crippen molar-refractivity contribution in [3.05, 3.63) is 205 Å². The van der Waals surface area contributed by atoms with Gasteiger partial charge in [-0.15, -0.1) is 11.3 Å². The second-order valence-corrected chi connectivity index (χ2v) is 16.8. The largest absolute Gasteiger partial charge is 0.228 e. The van der Waals surface area contributed by atoms with Gasteiger partial charge in [-0.05, 0) is 86.0 Å². The first kappa shape index (κ1) is 34.3. The number of benzene rings is 8. The molecular weight excluding hydrogens is 721 g/mol. The van der Waals surface area contributed by atoms with E-state index in [1.54, 1.807) is 0 Å². The van der Waals surface area contributed by atoms with Gasteiger partial charge in [-0.25, -0.2) is 9.97 Å². The summed E-state index contributed by atoms with van der Waals surface area (Å²) in [5.41, 5.74) is 17.4. The number of thiophene rings is 1. The van der Waals surface area contributed by atoms with E-state index in [0.717, 1.165) is 33.6 Å². The smallest absolute Gasteiger partial charge is 0.160 e. The average molecular weight is 759 g/mol. The van der Waals surface area contributed by atoms with Crippen molar-refractivity contribution in [2.45, 2.75) is 19.3 Å². The molecule has 0 amide bonds. The van der Waals surface area contributed by atoms with Gasteiger partial charge in [0.05, 0.1) is 11.4 Å². The van der Waals surface area contributed by atoms with Gasteiger partial charge in [-0.3, -0.25) is 0 Å². The lowest BCUT2D eigenvalue weighted by atomic mass is 9.82. The number of fused-ring (bicyclic) bond motifs is 6. The molecule has 274 valence electrons. The Hall–Kier alpha value is -6.94. The lowest BCUT2D eigenvalue weighted by Crippen LogP contribution is -2.14. The SMILES string of the molecule is CC1(C)c2ccccc2-c2c(-c3ccc(-c4nc(-c5ccccc5)cc(-c5cc(-c6ccccc6)cc(-c6cccc7c6sc6ccccc67)c5)n4)cc3)cccc21. The van der Waals surface area contributed by atoms with Crippen LogP contribution < -0.4 is 0 Å². The van der Waals surface area contributed by atoms with E-state index in [1.165, 1.54) is 70.2 Å². The van der Waals surface area contributed by atoms with Crippen LogP contribution in [0.4, 0.5) is 0 Å². The summed E-state index contributed by atoms with van der Waals surface area (Å²) in [6, 6.07) is 70.0. The van der Waals surface area contributed by atoms with E-state index in [-0.39, 0.29) is 5.41 Å². The molecule has 10 aromatic rings. The van der Waals surface area contributed by atoms with Crippen LogP contribution in [0.2, 0.25) is 0 Å². The number of nitrogens with zero attached hydrogens (tertiary/aromatic N) is 2. The van der Waals surface area contributed by atoms with Crippen LogP contribution in [0.5, 0.6) is 0 Å². The third-order valence-electron chi connectivity index (χ3n) is 11.9. The predicted octanol–water partition coefficient (Wildman–Crippen LogP) is 15.2. The summed E-state index contributed by atoms with van der Waals surface area (Å²) < 4.78 is 2.60. The van der Waals surface area contributed by atoms with Gasteiger partial charge in [-0.1, -0.05) is 178 Å². The molecule has 0 N–H and O–H groups in total. The zero-order chi connectivity index (χ0) is 38.8. The van der Waals surface area contributed by atoms with Crippen LogP contribution in [0.15, 0.2) is 194 Å². The second-order valence-electron chi connectivity index (χ2n) is 15.7. The van der Waals surface area contributed by atoms with Crippen molar-refractivity contribution in [2.75, 3.05) is 0 Å². The molecule has 0 atom stereocenters. The molecule has 0 saturated heterocycles. The molecule has 0 saturated carbocycles. The van der Waals surface area contributed by atoms with Crippen LogP contribution in [-0.4, -0.2) is 9.97 Å². The van der Waals surface area contributed by atoms with Crippen LogP contribution in [0, 0.1) is 0 Å². The second kappa shape index (κ2) is 13.6. The Kier molecular flexibility index (Phi) is 8.06. The minimum Gasteiger partial charge on any atom is -0.228 e. The highest BCUT2D eigenvalue weighted by Gasteiger charge is 2.36. The van der Waals surface area contributed by atoms with E-state index in [9.17, 15) is 0 Å². The van der Waals surface area contributed by atoms with Crippen LogP contribution in [0.3, 0.4) is 0 Å². The molecule has 2 aromatic heterocycles. The molecule has 2 heterocycles. The Balaban J connectivity index is 1.07. The van der Waals surface area contributed by atoms with Gasteiger partial charge in [0.15, 0.2) is 5.82 Å². The van der Waals surface area contributed by atoms with E-state index < -0.39 is 0 Å². The standard InChI is InChI=1S/C55H38N2S/c1-55(2)47-24-11-9-20-46(47)52-42(21-14-25-48(52)55)36-27-29-38(30-28-36)54-56-49(37-17-7-4-8-18-37)34-50(57-54)41-32-39(35-15-5-3-6-16-35)31-40(33-41)43-22-13-23-45-44-19-10-12-26-51(44)58-53(43)45/h3-34H,1-2H3. The van der Waals surface area contributed by atoms with Crippen molar-refractivity contribution in [2.24, 2.45) is 0 Å². The fraction of sp³-hybridized carbons (Fsp3) is 0.0545. The van der Waals surface area contributed by atoms with Gasteiger partial charge in [0.1, 0.15) is 0 Å². The molecule has 0 bridgehead atoms. The third-order valence-corrected chi connectivity index (χ3v) is 13.1. The van der Waals surface area contributed by atoms with Crippen molar-refractivity contribution in [1.82, 2.24) is 9.97 Å². The first-order valence-electron chi connectivity index (χ1n) is 19.9. The van der Waals surface area contributed by atoms with Crippen molar-refractivity contribution >= 4 is 31.5 Å². The van der Waals surface area contributed by atoms with Crippen molar-refractivity contribution in [3.8, 4) is 78.4 Å². The molecule has 0 fully saturated rings. The number of aromatic nitrogens is 2. The maximum Gasteiger partial charge on any atom is 0.160 e. The first-order chi connectivity index (χ1) is 28.5. The van der Waals surface area contributed by atoms with E-state index >= 15 is 0 Å². The summed E-state index contributed by atoms with van der Waals surface area (Å²) in [6.45, 7) is 4.67. The summed E-state index contributed by atoms with van der Waals surface area (Å²) in [7, 11) is 0. The highest BCUT2D eigenvalue weighted by molar-refractivity contribution is 7.26. The molecule has 0 aliphatic heterocycles. The molecule has 1 aliphatic carbocycles. The van der Waals surface area contributed by atoms with Crippen molar-refractivity contribution in [3.63, 3.8) is 0 Å². The number of hydrogen-bond donors (Lipinski definition) is 0. The van der Waals surface area contributed by atoms with E-state index in [4.69, 9.17) is 9.97 Å². The molecule has 0 radical (unpaired) electrons.